The van der Waals surface area contributed by atoms with E-state index in [1.807, 2.05) is 6.07 Å². The molecule has 0 saturated heterocycles. The van der Waals surface area contributed by atoms with Crippen LogP contribution in [0.5, 0.6) is 0 Å². The first-order valence-corrected chi connectivity index (χ1v) is 8.19. The third-order valence-corrected chi connectivity index (χ3v) is 4.14. The summed E-state index contributed by atoms with van der Waals surface area (Å²) < 4.78 is 0.665. The Morgan fingerprint density at radius 3 is 2.42 bits per heavy atom. The Labute approximate surface area is 152 Å². The van der Waals surface area contributed by atoms with E-state index in [0.29, 0.717) is 4.47 Å². The third kappa shape index (κ3) is 4.66. The van der Waals surface area contributed by atoms with Crippen molar-refractivity contribution < 1.29 is 14.4 Å². The summed E-state index contributed by atoms with van der Waals surface area (Å²) in [6.45, 7) is 0. The molecular formula is C17H14BrClN2O3. The lowest BCUT2D eigenvalue weighted by molar-refractivity contribution is -0.137. The van der Waals surface area contributed by atoms with E-state index in [1.165, 1.54) is 6.07 Å². The van der Waals surface area contributed by atoms with Gasteiger partial charge in [-0.25, -0.2) is 0 Å². The molecule has 5 nitrogen and oxygen atoms in total. The first kappa shape index (κ1) is 18.2. The SMILES string of the molecule is NC(=O)C(=O)C(Cc1ccccc1)NC(=O)c1cc(Br)ccc1Cl. The van der Waals surface area contributed by atoms with Crippen LogP contribution in [-0.2, 0) is 16.0 Å². The standard InChI is InChI=1S/C17H14BrClN2O3/c18-11-6-7-13(19)12(9-11)17(24)21-14(15(22)16(20)23)8-10-4-2-1-3-5-10/h1-7,9,14H,8H2,(H2,20,23)(H,21,24). The Bertz CT molecular complexity index is 781. The number of rotatable bonds is 6. The smallest absolute Gasteiger partial charge is 0.287 e. The zero-order chi connectivity index (χ0) is 17.7. The van der Waals surface area contributed by atoms with Gasteiger partial charge in [0.25, 0.3) is 11.8 Å². The molecule has 24 heavy (non-hydrogen) atoms. The Hall–Kier alpha value is -2.18. The topological polar surface area (TPSA) is 89.3 Å². The molecule has 2 aromatic carbocycles. The number of carbonyl (C=O) groups excluding carboxylic acids is 3. The van der Waals surface area contributed by atoms with Crippen LogP contribution in [0.2, 0.25) is 5.02 Å². The molecule has 2 rings (SSSR count). The Balaban J connectivity index is 2.24. The molecule has 0 spiro atoms. The predicted octanol–water partition coefficient (Wildman–Crippen LogP) is 2.50. The van der Waals surface area contributed by atoms with Crippen molar-refractivity contribution in [1.29, 1.82) is 0 Å². The van der Waals surface area contributed by atoms with Gasteiger partial charge < -0.3 is 11.1 Å². The second-order valence-corrected chi connectivity index (χ2v) is 6.39. The van der Waals surface area contributed by atoms with Crippen LogP contribution < -0.4 is 11.1 Å². The van der Waals surface area contributed by atoms with Gasteiger partial charge in [0.2, 0.25) is 5.78 Å². The molecule has 0 heterocycles. The van der Waals surface area contributed by atoms with Crippen LogP contribution in [0.25, 0.3) is 0 Å². The Morgan fingerprint density at radius 2 is 1.79 bits per heavy atom. The second-order valence-electron chi connectivity index (χ2n) is 5.07. The van der Waals surface area contributed by atoms with Crippen LogP contribution >= 0.6 is 27.5 Å². The summed E-state index contributed by atoms with van der Waals surface area (Å²) in [5, 5.41) is 2.77. The van der Waals surface area contributed by atoms with Crippen molar-refractivity contribution in [3.05, 3.63) is 69.2 Å². The molecule has 0 aliphatic heterocycles. The van der Waals surface area contributed by atoms with Crippen molar-refractivity contribution in [3.8, 4) is 0 Å². The van der Waals surface area contributed by atoms with Crippen LogP contribution in [0.15, 0.2) is 53.0 Å². The summed E-state index contributed by atoms with van der Waals surface area (Å²) in [5.41, 5.74) is 6.07. The van der Waals surface area contributed by atoms with Gasteiger partial charge in [-0.1, -0.05) is 57.9 Å². The predicted molar refractivity (Wildman–Crippen MR) is 94.8 cm³/mol. The number of Topliss-reactive ketones (excluding diaryl/α,β-unsaturated/α-hetero) is 1. The number of nitrogens with two attached hydrogens (primary N) is 1. The minimum atomic E-state index is -1.10. The first-order valence-electron chi connectivity index (χ1n) is 7.02. The summed E-state index contributed by atoms with van der Waals surface area (Å²) >= 11 is 9.28. The molecule has 124 valence electrons. The number of nitrogens with one attached hydrogen (secondary N) is 1. The van der Waals surface area contributed by atoms with Gasteiger partial charge in [0, 0.05) is 10.9 Å². The van der Waals surface area contributed by atoms with Crippen LogP contribution in [-0.4, -0.2) is 23.6 Å². The van der Waals surface area contributed by atoms with E-state index >= 15 is 0 Å². The number of halogens is 2. The monoisotopic (exact) mass is 408 g/mol. The highest BCUT2D eigenvalue weighted by molar-refractivity contribution is 9.10. The van der Waals surface area contributed by atoms with Crippen molar-refractivity contribution in [2.24, 2.45) is 5.73 Å². The van der Waals surface area contributed by atoms with E-state index in [-0.39, 0.29) is 17.0 Å². The quantitative estimate of drug-likeness (QED) is 0.718. The highest BCUT2D eigenvalue weighted by atomic mass is 79.9. The fourth-order valence-corrected chi connectivity index (χ4v) is 2.70. The molecule has 1 unspecified atom stereocenters. The van der Waals surface area contributed by atoms with Gasteiger partial charge in [-0.15, -0.1) is 0 Å². The number of hydrogen-bond acceptors (Lipinski definition) is 3. The molecule has 0 aliphatic carbocycles. The maximum absolute atomic E-state index is 12.4. The molecule has 0 saturated carbocycles. The van der Waals surface area contributed by atoms with Gasteiger partial charge in [-0.3, -0.25) is 14.4 Å². The minimum absolute atomic E-state index is 0.153. The highest BCUT2D eigenvalue weighted by Gasteiger charge is 2.26. The molecule has 0 fully saturated rings. The van der Waals surface area contributed by atoms with Crippen molar-refractivity contribution >= 4 is 45.1 Å². The van der Waals surface area contributed by atoms with Crippen molar-refractivity contribution in [2.75, 3.05) is 0 Å². The van der Waals surface area contributed by atoms with Gasteiger partial charge in [-0.05, 0) is 23.8 Å². The number of amides is 2. The van der Waals surface area contributed by atoms with Crippen molar-refractivity contribution in [3.63, 3.8) is 0 Å². The average molecular weight is 410 g/mol. The van der Waals surface area contributed by atoms with Crippen LogP contribution in [0.1, 0.15) is 15.9 Å². The number of benzene rings is 2. The van der Waals surface area contributed by atoms with E-state index in [0.717, 1.165) is 5.56 Å². The van der Waals surface area contributed by atoms with Gasteiger partial charge >= 0.3 is 0 Å². The van der Waals surface area contributed by atoms with Crippen molar-refractivity contribution in [1.82, 2.24) is 5.32 Å². The summed E-state index contributed by atoms with van der Waals surface area (Å²) in [6, 6.07) is 12.7. The van der Waals surface area contributed by atoms with E-state index in [2.05, 4.69) is 21.2 Å². The average Bonchev–Trinajstić information content (AvgIpc) is 2.56. The lowest BCUT2D eigenvalue weighted by atomic mass is 10.0. The van der Waals surface area contributed by atoms with E-state index in [1.54, 1.807) is 36.4 Å². The zero-order valence-corrected chi connectivity index (χ0v) is 14.8. The fourth-order valence-electron chi connectivity index (χ4n) is 2.14. The van der Waals surface area contributed by atoms with Crippen LogP contribution in [0.4, 0.5) is 0 Å². The fraction of sp³-hybridized carbons (Fsp3) is 0.118. The van der Waals surface area contributed by atoms with E-state index in [4.69, 9.17) is 17.3 Å². The van der Waals surface area contributed by atoms with Gasteiger partial charge in [0.1, 0.15) is 6.04 Å². The molecule has 0 aromatic heterocycles. The van der Waals surface area contributed by atoms with Crippen LogP contribution in [0, 0.1) is 0 Å². The van der Waals surface area contributed by atoms with E-state index in [9.17, 15) is 14.4 Å². The molecule has 0 aliphatic rings. The first-order chi connectivity index (χ1) is 11.4. The Morgan fingerprint density at radius 1 is 1.12 bits per heavy atom. The largest absolute Gasteiger partial charge is 0.363 e. The molecule has 3 N–H and O–H groups in total. The number of primary amides is 1. The normalized spacial score (nSPS) is 11.6. The van der Waals surface area contributed by atoms with Gasteiger partial charge in [-0.2, -0.15) is 0 Å². The third-order valence-electron chi connectivity index (χ3n) is 3.32. The molecule has 7 heteroatoms. The molecule has 1 atom stereocenters. The zero-order valence-electron chi connectivity index (χ0n) is 12.5. The van der Waals surface area contributed by atoms with Crippen LogP contribution in [0.3, 0.4) is 0 Å². The molecule has 0 radical (unpaired) electrons. The summed E-state index contributed by atoms with van der Waals surface area (Å²) in [6.07, 6.45) is 0.153. The summed E-state index contributed by atoms with van der Waals surface area (Å²) in [5.74, 6) is -2.52. The van der Waals surface area contributed by atoms with Crippen molar-refractivity contribution in [2.45, 2.75) is 12.5 Å². The maximum Gasteiger partial charge on any atom is 0.287 e. The number of ketones is 1. The number of carbonyl (C=O) groups is 3. The molecule has 0 bridgehead atoms. The minimum Gasteiger partial charge on any atom is -0.363 e. The Kier molecular flexibility index (Phi) is 6.11. The molecule has 2 amide bonds. The summed E-state index contributed by atoms with van der Waals surface area (Å²) in [7, 11) is 0. The lowest BCUT2D eigenvalue weighted by Crippen LogP contribution is -2.47. The maximum atomic E-state index is 12.4. The number of hydrogen-bond donors (Lipinski definition) is 2. The summed E-state index contributed by atoms with van der Waals surface area (Å²) in [4.78, 5) is 35.7. The lowest BCUT2D eigenvalue weighted by Gasteiger charge is -2.17. The molecule has 2 aromatic rings. The van der Waals surface area contributed by atoms with Gasteiger partial charge in [0.05, 0.1) is 10.6 Å². The van der Waals surface area contributed by atoms with Gasteiger partial charge in [0.15, 0.2) is 0 Å². The highest BCUT2D eigenvalue weighted by Crippen LogP contribution is 2.21. The molecular weight excluding hydrogens is 396 g/mol. The second kappa shape index (κ2) is 8.08. The van der Waals surface area contributed by atoms with E-state index < -0.39 is 23.6 Å².